The van der Waals surface area contributed by atoms with Crippen molar-refractivity contribution in [1.29, 1.82) is 0 Å². The van der Waals surface area contributed by atoms with Gasteiger partial charge in [0.25, 0.3) is 5.91 Å². The number of aliphatic carboxylic acids is 1. The molecule has 1 unspecified atom stereocenters. The molecule has 0 spiro atoms. The molecule has 1 aromatic heterocycles. The van der Waals surface area contributed by atoms with E-state index in [4.69, 9.17) is 20.9 Å². The van der Waals surface area contributed by atoms with Crippen LogP contribution in [0.25, 0.3) is 11.3 Å². The summed E-state index contributed by atoms with van der Waals surface area (Å²) in [6.07, 6.45) is -1.20. The summed E-state index contributed by atoms with van der Waals surface area (Å²) in [5, 5.41) is 16.3. The van der Waals surface area contributed by atoms with Crippen LogP contribution >= 0.6 is 23.4 Å². The minimum atomic E-state index is -1.42. The summed E-state index contributed by atoms with van der Waals surface area (Å²) >= 11 is 7.57. The van der Waals surface area contributed by atoms with E-state index in [0.29, 0.717) is 10.6 Å². The number of esters is 1. The van der Waals surface area contributed by atoms with Crippen molar-refractivity contribution in [1.82, 2.24) is 15.4 Å². The standard InChI is InChI=1S/C21H18ClN3O7S/c1-9-16(17(24-32-9)11-5-3-4-6-13(11)22)19(28)23-20(31-10(2)26)12-8-33-15-7-14(27)25(15)18(12)21(29)30/h3-6,15,20H,7-8H2,1-2H3,(H,23,28)(H,29,30)/t15-,20?/m1/s1. The summed E-state index contributed by atoms with van der Waals surface area (Å²) in [4.78, 5) is 50.2. The number of carbonyl (C=O) groups excluding carboxylic acids is 3. The molecule has 2 aliphatic heterocycles. The zero-order valence-electron chi connectivity index (χ0n) is 17.5. The number of β-lactam (4-membered cyclic amide) rings is 1. The van der Waals surface area contributed by atoms with E-state index in [1.165, 1.54) is 18.7 Å². The van der Waals surface area contributed by atoms with Crippen molar-refractivity contribution in [2.24, 2.45) is 0 Å². The smallest absolute Gasteiger partial charge is 0.352 e. The lowest BCUT2D eigenvalue weighted by Crippen LogP contribution is -2.56. The summed E-state index contributed by atoms with van der Waals surface area (Å²) in [5.41, 5.74) is 0.487. The number of halogens is 1. The Morgan fingerprint density at radius 1 is 1.36 bits per heavy atom. The summed E-state index contributed by atoms with van der Waals surface area (Å²) in [7, 11) is 0. The monoisotopic (exact) mass is 491 g/mol. The van der Waals surface area contributed by atoms with Crippen molar-refractivity contribution in [2.75, 3.05) is 5.75 Å². The van der Waals surface area contributed by atoms with Crippen molar-refractivity contribution in [3.8, 4) is 11.3 Å². The highest BCUT2D eigenvalue weighted by Crippen LogP contribution is 2.41. The van der Waals surface area contributed by atoms with E-state index < -0.39 is 24.1 Å². The second-order valence-corrected chi connectivity index (χ2v) is 8.89. The highest BCUT2D eigenvalue weighted by molar-refractivity contribution is 8.00. The van der Waals surface area contributed by atoms with Crippen molar-refractivity contribution in [3.05, 3.63) is 51.9 Å². The minimum absolute atomic E-state index is 0.0547. The molecule has 1 fully saturated rings. The van der Waals surface area contributed by atoms with Gasteiger partial charge in [-0.3, -0.25) is 19.3 Å². The van der Waals surface area contributed by atoms with E-state index in [1.54, 1.807) is 24.3 Å². The molecule has 0 saturated carbocycles. The third-order valence-electron chi connectivity index (χ3n) is 5.17. The summed E-state index contributed by atoms with van der Waals surface area (Å²) in [6, 6.07) is 6.74. The zero-order chi connectivity index (χ0) is 23.9. The highest BCUT2D eigenvalue weighted by atomic mass is 35.5. The SMILES string of the molecule is CC(=O)OC(NC(=O)c1c(-c2ccccc2Cl)noc1C)C1=C(C(=O)O)N2C(=O)C[C@H]2SC1. The van der Waals surface area contributed by atoms with Crippen LogP contribution in [0.15, 0.2) is 40.1 Å². The van der Waals surface area contributed by atoms with Crippen molar-refractivity contribution >= 4 is 47.1 Å². The number of thioether (sulfide) groups is 1. The number of carbonyl (C=O) groups is 4. The largest absolute Gasteiger partial charge is 0.477 e. The summed E-state index contributed by atoms with van der Waals surface area (Å²) in [5.74, 6) is -2.83. The number of nitrogens with zero attached hydrogens (tertiary/aromatic N) is 2. The van der Waals surface area contributed by atoms with E-state index >= 15 is 0 Å². The first kappa shape index (κ1) is 22.9. The number of aromatic nitrogens is 1. The maximum Gasteiger partial charge on any atom is 0.352 e. The molecule has 2 N–H and O–H groups in total. The highest BCUT2D eigenvalue weighted by Gasteiger charge is 2.47. The molecule has 172 valence electrons. The van der Waals surface area contributed by atoms with E-state index in [-0.39, 0.29) is 51.7 Å². The average Bonchev–Trinajstić information content (AvgIpc) is 3.13. The van der Waals surface area contributed by atoms with Gasteiger partial charge in [-0.05, 0) is 13.0 Å². The first-order chi connectivity index (χ1) is 15.7. The van der Waals surface area contributed by atoms with E-state index in [1.807, 2.05) is 0 Å². The van der Waals surface area contributed by atoms with Gasteiger partial charge in [0.2, 0.25) is 12.1 Å². The van der Waals surface area contributed by atoms with Gasteiger partial charge in [0.15, 0.2) is 0 Å². The fraction of sp³-hybridized carbons (Fsp3) is 0.286. The van der Waals surface area contributed by atoms with Gasteiger partial charge in [0.1, 0.15) is 22.7 Å². The Hall–Kier alpha value is -3.31. The summed E-state index contributed by atoms with van der Waals surface area (Å²) in [6.45, 7) is 2.67. The fourth-order valence-electron chi connectivity index (χ4n) is 3.66. The van der Waals surface area contributed by atoms with Crippen LogP contribution in [0.3, 0.4) is 0 Å². The fourth-order valence-corrected chi connectivity index (χ4v) is 5.18. The third-order valence-corrected chi connectivity index (χ3v) is 6.74. The van der Waals surface area contributed by atoms with Crippen LogP contribution in [0.4, 0.5) is 0 Å². The predicted molar refractivity (Wildman–Crippen MR) is 117 cm³/mol. The number of nitrogens with one attached hydrogen (secondary N) is 1. The number of ether oxygens (including phenoxy) is 1. The van der Waals surface area contributed by atoms with Gasteiger partial charge in [-0.15, -0.1) is 11.8 Å². The lowest BCUT2D eigenvalue weighted by atomic mass is 10.0. The predicted octanol–water partition coefficient (Wildman–Crippen LogP) is 2.57. The molecule has 2 amide bonds. The van der Waals surface area contributed by atoms with E-state index in [0.717, 1.165) is 11.8 Å². The van der Waals surface area contributed by atoms with Crippen LogP contribution in [-0.2, 0) is 19.1 Å². The quantitative estimate of drug-likeness (QED) is 0.354. The first-order valence-corrected chi connectivity index (χ1v) is 11.2. The Labute approximate surface area is 196 Å². The van der Waals surface area contributed by atoms with Crippen molar-refractivity contribution < 1.29 is 33.5 Å². The van der Waals surface area contributed by atoms with E-state index in [2.05, 4.69) is 10.5 Å². The Kier molecular flexibility index (Phi) is 6.17. The normalized spacial score (nSPS) is 18.3. The Morgan fingerprint density at radius 2 is 2.09 bits per heavy atom. The molecule has 1 saturated heterocycles. The Morgan fingerprint density at radius 3 is 2.73 bits per heavy atom. The molecular weight excluding hydrogens is 474 g/mol. The molecule has 33 heavy (non-hydrogen) atoms. The molecule has 10 nitrogen and oxygen atoms in total. The molecule has 0 aliphatic carbocycles. The van der Waals surface area contributed by atoms with Gasteiger partial charge in [0.05, 0.1) is 16.8 Å². The molecule has 2 atom stereocenters. The molecule has 2 aromatic rings. The first-order valence-electron chi connectivity index (χ1n) is 9.78. The maximum atomic E-state index is 13.3. The number of aryl methyl sites for hydroxylation is 1. The van der Waals surface area contributed by atoms with Crippen molar-refractivity contribution in [2.45, 2.75) is 31.9 Å². The molecule has 12 heteroatoms. The second-order valence-electron chi connectivity index (χ2n) is 7.32. The topological polar surface area (TPSA) is 139 Å². The van der Waals surface area contributed by atoms with Gasteiger partial charge in [0, 0.05) is 23.8 Å². The minimum Gasteiger partial charge on any atom is -0.477 e. The third kappa shape index (κ3) is 4.21. The number of rotatable bonds is 6. The molecule has 4 rings (SSSR count). The second kappa shape index (κ2) is 8.91. The number of carboxylic acids is 1. The van der Waals surface area contributed by atoms with Crippen LogP contribution in [0, 0.1) is 6.92 Å². The molecule has 3 heterocycles. The lowest BCUT2D eigenvalue weighted by Gasteiger charge is -2.44. The van der Waals surface area contributed by atoms with Crippen LogP contribution in [-0.4, -0.2) is 56.3 Å². The van der Waals surface area contributed by atoms with Crippen LogP contribution in [0.1, 0.15) is 29.5 Å². The number of hydrogen-bond donors (Lipinski definition) is 2. The number of amides is 2. The maximum absolute atomic E-state index is 13.3. The molecule has 0 bridgehead atoms. The number of carboxylic acid groups (broad SMARTS) is 1. The van der Waals surface area contributed by atoms with Gasteiger partial charge in [-0.25, -0.2) is 4.79 Å². The van der Waals surface area contributed by atoms with E-state index in [9.17, 15) is 24.3 Å². The summed E-state index contributed by atoms with van der Waals surface area (Å²) < 4.78 is 10.5. The van der Waals surface area contributed by atoms with Crippen LogP contribution in [0.2, 0.25) is 5.02 Å². The number of hydrogen-bond acceptors (Lipinski definition) is 8. The van der Waals surface area contributed by atoms with Gasteiger partial charge in [-0.2, -0.15) is 0 Å². The molecule has 1 aromatic carbocycles. The Balaban J connectivity index is 1.72. The molecular formula is C21H18ClN3O7S. The Bertz CT molecular complexity index is 1210. The van der Waals surface area contributed by atoms with Crippen molar-refractivity contribution in [3.63, 3.8) is 0 Å². The van der Waals surface area contributed by atoms with Gasteiger partial charge in [-0.1, -0.05) is 35.0 Å². The number of fused-ring (bicyclic) bond motifs is 1. The average molecular weight is 492 g/mol. The van der Waals surface area contributed by atoms with Crippen LogP contribution in [0.5, 0.6) is 0 Å². The number of benzene rings is 1. The van der Waals surface area contributed by atoms with Crippen LogP contribution < -0.4 is 5.32 Å². The van der Waals surface area contributed by atoms with Gasteiger partial charge >= 0.3 is 11.9 Å². The van der Waals surface area contributed by atoms with Gasteiger partial charge < -0.3 is 19.7 Å². The lowest BCUT2D eigenvalue weighted by molar-refractivity contribution is -0.148. The zero-order valence-corrected chi connectivity index (χ0v) is 19.0. The molecule has 0 radical (unpaired) electrons. The molecule has 2 aliphatic rings.